The lowest BCUT2D eigenvalue weighted by Gasteiger charge is -2.04. The third-order valence-corrected chi connectivity index (χ3v) is 1.31. The SMILES string of the molecule is COc1c(C)c[c]cc1O. The highest BCUT2D eigenvalue weighted by Gasteiger charge is 2.01. The van der Waals surface area contributed by atoms with Crippen molar-refractivity contribution in [2.45, 2.75) is 6.92 Å². The third-order valence-electron chi connectivity index (χ3n) is 1.31. The maximum Gasteiger partial charge on any atom is 0.163 e. The van der Waals surface area contributed by atoms with Gasteiger partial charge in [0, 0.05) is 0 Å². The Morgan fingerprint density at radius 3 is 2.60 bits per heavy atom. The number of rotatable bonds is 1. The Hall–Kier alpha value is -1.18. The first-order valence-electron chi connectivity index (χ1n) is 2.99. The van der Waals surface area contributed by atoms with Gasteiger partial charge in [-0.2, -0.15) is 0 Å². The average molecular weight is 137 g/mol. The van der Waals surface area contributed by atoms with Gasteiger partial charge in [0.05, 0.1) is 7.11 Å². The Morgan fingerprint density at radius 2 is 2.20 bits per heavy atom. The highest BCUT2D eigenvalue weighted by Crippen LogP contribution is 2.27. The highest BCUT2D eigenvalue weighted by molar-refractivity contribution is 5.44. The quantitative estimate of drug-likeness (QED) is 0.635. The Morgan fingerprint density at radius 1 is 1.50 bits per heavy atom. The Kier molecular flexibility index (Phi) is 1.81. The van der Waals surface area contributed by atoms with E-state index in [1.165, 1.54) is 13.2 Å². The molecule has 2 heteroatoms. The van der Waals surface area contributed by atoms with Crippen LogP contribution in [0, 0.1) is 13.0 Å². The Labute approximate surface area is 60.1 Å². The van der Waals surface area contributed by atoms with Crippen LogP contribution in [0.3, 0.4) is 0 Å². The fraction of sp³-hybridized carbons (Fsp3) is 0.250. The number of phenolic OH excluding ortho intramolecular Hbond substituents is 1. The van der Waals surface area contributed by atoms with E-state index in [4.69, 9.17) is 9.84 Å². The van der Waals surface area contributed by atoms with Crippen LogP contribution in [0.15, 0.2) is 12.1 Å². The fourth-order valence-electron chi connectivity index (χ4n) is 0.844. The van der Waals surface area contributed by atoms with Gasteiger partial charge in [0.15, 0.2) is 11.5 Å². The summed E-state index contributed by atoms with van der Waals surface area (Å²) in [5.41, 5.74) is 0.891. The Bertz CT molecular complexity index is 210. The molecular formula is C8H9O2. The number of ether oxygens (including phenoxy) is 1. The van der Waals surface area contributed by atoms with Crippen LogP contribution < -0.4 is 4.74 Å². The first-order chi connectivity index (χ1) is 4.75. The maximum absolute atomic E-state index is 9.14. The number of hydrogen-bond donors (Lipinski definition) is 1. The molecule has 0 aliphatic carbocycles. The summed E-state index contributed by atoms with van der Waals surface area (Å²) in [4.78, 5) is 0. The summed E-state index contributed by atoms with van der Waals surface area (Å²) < 4.78 is 4.91. The lowest BCUT2D eigenvalue weighted by molar-refractivity contribution is 0.371. The summed E-state index contributed by atoms with van der Waals surface area (Å²) in [6, 6.07) is 6.01. The van der Waals surface area contributed by atoms with Crippen LogP contribution in [-0.2, 0) is 0 Å². The van der Waals surface area contributed by atoms with Gasteiger partial charge < -0.3 is 9.84 Å². The van der Waals surface area contributed by atoms with Crippen molar-refractivity contribution >= 4 is 0 Å². The second-order valence-corrected chi connectivity index (χ2v) is 2.06. The van der Waals surface area contributed by atoms with Crippen LogP contribution in [0.4, 0.5) is 0 Å². The standard InChI is InChI=1S/C8H9O2/c1-6-4-3-5-7(9)8(6)10-2/h4-5,9H,1-2H3. The molecule has 0 heterocycles. The number of phenols is 1. The van der Waals surface area contributed by atoms with E-state index in [1.807, 2.05) is 6.92 Å². The van der Waals surface area contributed by atoms with E-state index in [1.54, 1.807) is 6.07 Å². The number of aryl methyl sites for hydroxylation is 1. The van der Waals surface area contributed by atoms with Crippen molar-refractivity contribution in [3.05, 3.63) is 23.8 Å². The van der Waals surface area contributed by atoms with Gasteiger partial charge in [-0.1, -0.05) is 0 Å². The molecule has 1 aromatic rings. The van der Waals surface area contributed by atoms with Crippen LogP contribution in [0.5, 0.6) is 11.5 Å². The molecule has 0 amide bonds. The van der Waals surface area contributed by atoms with Crippen molar-refractivity contribution in [1.82, 2.24) is 0 Å². The molecule has 1 radical (unpaired) electrons. The zero-order valence-electron chi connectivity index (χ0n) is 6.01. The van der Waals surface area contributed by atoms with E-state index in [-0.39, 0.29) is 5.75 Å². The number of hydrogen-bond acceptors (Lipinski definition) is 2. The van der Waals surface area contributed by atoms with Gasteiger partial charge in [0.2, 0.25) is 0 Å². The van der Waals surface area contributed by atoms with Gasteiger partial charge in [-0.25, -0.2) is 0 Å². The van der Waals surface area contributed by atoms with E-state index in [2.05, 4.69) is 6.07 Å². The van der Waals surface area contributed by atoms with Gasteiger partial charge in [-0.15, -0.1) is 0 Å². The summed E-state index contributed by atoms with van der Waals surface area (Å²) >= 11 is 0. The van der Waals surface area contributed by atoms with Gasteiger partial charge in [0.25, 0.3) is 0 Å². The van der Waals surface area contributed by atoms with Crippen LogP contribution in [0.25, 0.3) is 0 Å². The number of benzene rings is 1. The third kappa shape index (κ3) is 1.05. The largest absolute Gasteiger partial charge is 0.504 e. The van der Waals surface area contributed by atoms with Crippen molar-refractivity contribution in [2.75, 3.05) is 7.11 Å². The molecule has 0 spiro atoms. The lowest BCUT2D eigenvalue weighted by Crippen LogP contribution is -1.86. The number of aromatic hydroxyl groups is 1. The van der Waals surface area contributed by atoms with Crippen molar-refractivity contribution in [3.8, 4) is 11.5 Å². The molecule has 0 bridgehead atoms. The van der Waals surface area contributed by atoms with Gasteiger partial charge in [0.1, 0.15) is 0 Å². The zero-order valence-corrected chi connectivity index (χ0v) is 6.01. The summed E-state index contributed by atoms with van der Waals surface area (Å²) in [7, 11) is 1.53. The molecule has 0 aromatic heterocycles. The van der Waals surface area contributed by atoms with Gasteiger partial charge >= 0.3 is 0 Å². The predicted octanol–water partition coefficient (Wildman–Crippen LogP) is 1.51. The van der Waals surface area contributed by atoms with Gasteiger partial charge in [-0.3, -0.25) is 0 Å². The topological polar surface area (TPSA) is 29.5 Å². The van der Waals surface area contributed by atoms with Gasteiger partial charge in [-0.05, 0) is 30.7 Å². The molecule has 1 rings (SSSR count). The molecule has 0 saturated heterocycles. The van der Waals surface area contributed by atoms with Crippen LogP contribution >= 0.6 is 0 Å². The summed E-state index contributed by atoms with van der Waals surface area (Å²) in [5, 5.41) is 9.14. The minimum atomic E-state index is 0.141. The second kappa shape index (κ2) is 2.60. The molecule has 1 N–H and O–H groups in total. The molecule has 1 aromatic carbocycles. The molecule has 0 fully saturated rings. The molecule has 0 saturated carbocycles. The fourth-order valence-corrected chi connectivity index (χ4v) is 0.844. The molecule has 2 nitrogen and oxygen atoms in total. The van der Waals surface area contributed by atoms with E-state index >= 15 is 0 Å². The first-order valence-corrected chi connectivity index (χ1v) is 2.99. The number of methoxy groups -OCH3 is 1. The lowest BCUT2D eigenvalue weighted by atomic mass is 10.2. The van der Waals surface area contributed by atoms with Crippen LogP contribution in [0.1, 0.15) is 5.56 Å². The van der Waals surface area contributed by atoms with E-state index < -0.39 is 0 Å². The summed E-state index contributed by atoms with van der Waals surface area (Å²) in [5.74, 6) is 0.668. The monoisotopic (exact) mass is 137 g/mol. The predicted molar refractivity (Wildman–Crippen MR) is 38.2 cm³/mol. The molecule has 10 heavy (non-hydrogen) atoms. The summed E-state index contributed by atoms with van der Waals surface area (Å²) in [6.45, 7) is 1.86. The molecule has 0 atom stereocenters. The smallest absolute Gasteiger partial charge is 0.163 e. The molecule has 0 aliphatic rings. The van der Waals surface area contributed by atoms with Crippen LogP contribution in [-0.4, -0.2) is 12.2 Å². The normalized spacial score (nSPS) is 9.40. The van der Waals surface area contributed by atoms with Crippen molar-refractivity contribution in [1.29, 1.82) is 0 Å². The van der Waals surface area contributed by atoms with Crippen LogP contribution in [0.2, 0.25) is 0 Å². The maximum atomic E-state index is 9.14. The molecule has 53 valence electrons. The summed E-state index contributed by atoms with van der Waals surface area (Å²) in [6.07, 6.45) is 0. The van der Waals surface area contributed by atoms with Crippen molar-refractivity contribution in [3.63, 3.8) is 0 Å². The van der Waals surface area contributed by atoms with E-state index in [9.17, 15) is 0 Å². The molecular weight excluding hydrogens is 128 g/mol. The zero-order chi connectivity index (χ0) is 7.56. The van der Waals surface area contributed by atoms with E-state index in [0.29, 0.717) is 5.75 Å². The minimum Gasteiger partial charge on any atom is -0.504 e. The second-order valence-electron chi connectivity index (χ2n) is 2.06. The first kappa shape index (κ1) is 6.93. The van der Waals surface area contributed by atoms with E-state index in [0.717, 1.165) is 5.56 Å². The van der Waals surface area contributed by atoms with Crippen molar-refractivity contribution in [2.24, 2.45) is 0 Å². The van der Waals surface area contributed by atoms with Crippen molar-refractivity contribution < 1.29 is 9.84 Å². The Balaban J connectivity index is 3.17. The average Bonchev–Trinajstić information content (AvgIpc) is 1.88. The highest BCUT2D eigenvalue weighted by atomic mass is 16.5. The molecule has 0 unspecified atom stereocenters. The minimum absolute atomic E-state index is 0.141. The molecule has 0 aliphatic heterocycles.